The zero-order chi connectivity index (χ0) is 12.4. The van der Waals surface area contributed by atoms with Crippen molar-refractivity contribution in [1.82, 2.24) is 20.0 Å². The third kappa shape index (κ3) is 2.38. The third-order valence-corrected chi connectivity index (χ3v) is 3.39. The van der Waals surface area contributed by atoms with Crippen molar-refractivity contribution in [2.75, 3.05) is 5.32 Å². The minimum absolute atomic E-state index is 0.252. The van der Waals surface area contributed by atoms with Crippen LogP contribution in [0.4, 0.5) is 5.69 Å². The van der Waals surface area contributed by atoms with Crippen molar-refractivity contribution < 1.29 is 0 Å². The van der Waals surface area contributed by atoms with Gasteiger partial charge in [0.25, 0.3) is 5.56 Å². The molecule has 0 atom stereocenters. The van der Waals surface area contributed by atoms with E-state index in [1.165, 1.54) is 0 Å². The summed E-state index contributed by atoms with van der Waals surface area (Å²) in [7, 11) is 1.89. The average molecular weight is 298 g/mol. The number of H-pyrrole nitrogens is 1. The Bertz CT molecular complexity index is 589. The van der Waals surface area contributed by atoms with E-state index < -0.39 is 0 Å². The first-order valence-corrected chi connectivity index (χ1v) is 5.83. The van der Waals surface area contributed by atoms with Crippen LogP contribution in [0, 0.1) is 6.92 Å². The van der Waals surface area contributed by atoms with Gasteiger partial charge in [-0.1, -0.05) is 0 Å². The SMILES string of the molecule is Cc1c(CNc2cn[nH]c(=O)c2Br)cnn1C. The Hall–Kier alpha value is -1.63. The van der Waals surface area contributed by atoms with Crippen molar-refractivity contribution in [3.63, 3.8) is 0 Å². The predicted molar refractivity (Wildman–Crippen MR) is 67.8 cm³/mol. The van der Waals surface area contributed by atoms with Crippen molar-refractivity contribution in [2.24, 2.45) is 7.05 Å². The molecule has 2 aromatic rings. The maximum absolute atomic E-state index is 11.3. The molecule has 2 heterocycles. The highest BCUT2D eigenvalue weighted by molar-refractivity contribution is 9.10. The van der Waals surface area contributed by atoms with E-state index in [0.717, 1.165) is 11.3 Å². The first-order valence-electron chi connectivity index (χ1n) is 5.04. The van der Waals surface area contributed by atoms with Gasteiger partial charge in [-0.05, 0) is 22.9 Å². The molecule has 0 saturated heterocycles. The van der Waals surface area contributed by atoms with Crippen LogP contribution in [0.1, 0.15) is 11.3 Å². The van der Waals surface area contributed by atoms with Crippen LogP contribution in [-0.4, -0.2) is 20.0 Å². The maximum Gasteiger partial charge on any atom is 0.280 e. The Morgan fingerprint density at radius 2 is 2.29 bits per heavy atom. The number of hydrogen-bond acceptors (Lipinski definition) is 4. The second-order valence-corrected chi connectivity index (χ2v) is 4.45. The fourth-order valence-electron chi connectivity index (χ4n) is 1.41. The second kappa shape index (κ2) is 4.70. The van der Waals surface area contributed by atoms with E-state index in [-0.39, 0.29) is 5.56 Å². The molecule has 0 aliphatic rings. The molecule has 0 spiro atoms. The Morgan fingerprint density at radius 1 is 1.53 bits per heavy atom. The van der Waals surface area contributed by atoms with Crippen LogP contribution in [0.15, 0.2) is 21.7 Å². The first kappa shape index (κ1) is 11.8. The summed E-state index contributed by atoms with van der Waals surface area (Å²) in [6.45, 7) is 2.60. The van der Waals surface area contributed by atoms with Crippen molar-refractivity contribution in [1.29, 1.82) is 0 Å². The summed E-state index contributed by atoms with van der Waals surface area (Å²) in [5.74, 6) is 0. The van der Waals surface area contributed by atoms with Crippen molar-refractivity contribution >= 4 is 21.6 Å². The van der Waals surface area contributed by atoms with Crippen LogP contribution >= 0.6 is 15.9 Å². The van der Waals surface area contributed by atoms with Gasteiger partial charge < -0.3 is 5.32 Å². The van der Waals surface area contributed by atoms with E-state index in [4.69, 9.17) is 0 Å². The van der Waals surface area contributed by atoms with E-state index in [9.17, 15) is 4.79 Å². The molecule has 2 N–H and O–H groups in total. The fourth-order valence-corrected chi connectivity index (χ4v) is 1.75. The highest BCUT2D eigenvalue weighted by Crippen LogP contribution is 2.17. The molecule has 7 heteroatoms. The summed E-state index contributed by atoms with van der Waals surface area (Å²) in [6, 6.07) is 0. The lowest BCUT2D eigenvalue weighted by atomic mass is 10.2. The van der Waals surface area contributed by atoms with Crippen LogP contribution in [0.3, 0.4) is 0 Å². The minimum atomic E-state index is -0.252. The molecule has 0 fully saturated rings. The Kier molecular flexibility index (Phi) is 3.28. The lowest BCUT2D eigenvalue weighted by Gasteiger charge is -2.06. The lowest BCUT2D eigenvalue weighted by Crippen LogP contribution is -2.12. The van der Waals surface area contributed by atoms with Crippen LogP contribution in [-0.2, 0) is 13.6 Å². The molecule has 0 amide bonds. The lowest BCUT2D eigenvalue weighted by molar-refractivity contribution is 0.738. The minimum Gasteiger partial charge on any atom is -0.378 e. The van der Waals surface area contributed by atoms with E-state index in [1.54, 1.807) is 12.4 Å². The van der Waals surface area contributed by atoms with Gasteiger partial charge in [0.2, 0.25) is 0 Å². The molecule has 90 valence electrons. The fraction of sp³-hybridized carbons (Fsp3) is 0.300. The number of nitrogens with one attached hydrogen (secondary N) is 2. The normalized spacial score (nSPS) is 10.5. The number of aromatic nitrogens is 4. The summed E-state index contributed by atoms with van der Waals surface area (Å²) in [4.78, 5) is 11.3. The van der Waals surface area contributed by atoms with Crippen LogP contribution in [0.5, 0.6) is 0 Å². The number of anilines is 1. The number of aromatic amines is 1. The zero-order valence-corrected chi connectivity index (χ0v) is 11.1. The van der Waals surface area contributed by atoms with E-state index in [0.29, 0.717) is 16.7 Å². The van der Waals surface area contributed by atoms with Crippen LogP contribution in [0.2, 0.25) is 0 Å². The van der Waals surface area contributed by atoms with Gasteiger partial charge in [-0.15, -0.1) is 0 Å². The van der Waals surface area contributed by atoms with Crippen molar-refractivity contribution in [3.05, 3.63) is 38.5 Å². The molecule has 0 bridgehead atoms. The molecule has 0 unspecified atom stereocenters. The van der Waals surface area contributed by atoms with Gasteiger partial charge in [0.15, 0.2) is 0 Å². The monoisotopic (exact) mass is 297 g/mol. The summed E-state index contributed by atoms with van der Waals surface area (Å²) in [6.07, 6.45) is 3.37. The topological polar surface area (TPSA) is 75.6 Å². The molecular weight excluding hydrogens is 286 g/mol. The molecule has 0 radical (unpaired) electrons. The Morgan fingerprint density at radius 3 is 2.94 bits per heavy atom. The largest absolute Gasteiger partial charge is 0.378 e. The number of halogens is 1. The van der Waals surface area contributed by atoms with Gasteiger partial charge in [0.05, 0.1) is 18.1 Å². The maximum atomic E-state index is 11.3. The molecule has 0 aliphatic heterocycles. The molecule has 0 aromatic carbocycles. The Labute approximate surface area is 106 Å². The highest BCUT2D eigenvalue weighted by atomic mass is 79.9. The van der Waals surface area contributed by atoms with Gasteiger partial charge in [-0.3, -0.25) is 9.48 Å². The van der Waals surface area contributed by atoms with E-state index in [1.807, 2.05) is 18.7 Å². The van der Waals surface area contributed by atoms with Crippen LogP contribution < -0.4 is 10.9 Å². The smallest absolute Gasteiger partial charge is 0.280 e. The summed E-state index contributed by atoms with van der Waals surface area (Å²) in [5.41, 5.74) is 2.58. The van der Waals surface area contributed by atoms with Crippen molar-refractivity contribution in [3.8, 4) is 0 Å². The van der Waals surface area contributed by atoms with Gasteiger partial charge in [0, 0.05) is 24.8 Å². The molecule has 6 nitrogen and oxygen atoms in total. The number of hydrogen-bond donors (Lipinski definition) is 2. The number of nitrogens with zero attached hydrogens (tertiary/aromatic N) is 3. The summed E-state index contributed by atoms with van der Waals surface area (Å²) < 4.78 is 2.26. The van der Waals surface area contributed by atoms with Gasteiger partial charge in [0.1, 0.15) is 4.47 Å². The quantitative estimate of drug-likeness (QED) is 0.892. The van der Waals surface area contributed by atoms with Gasteiger partial charge in [-0.25, -0.2) is 5.10 Å². The number of rotatable bonds is 3. The Balaban J connectivity index is 2.15. The van der Waals surface area contributed by atoms with Crippen molar-refractivity contribution in [2.45, 2.75) is 13.5 Å². The molecule has 17 heavy (non-hydrogen) atoms. The number of aryl methyl sites for hydroxylation is 1. The summed E-state index contributed by atoms with van der Waals surface area (Å²) >= 11 is 3.21. The van der Waals surface area contributed by atoms with E-state index in [2.05, 4.69) is 36.5 Å². The first-order chi connectivity index (χ1) is 8.09. The molecule has 2 rings (SSSR count). The second-order valence-electron chi connectivity index (χ2n) is 3.66. The highest BCUT2D eigenvalue weighted by Gasteiger charge is 2.06. The molecule has 0 saturated carbocycles. The van der Waals surface area contributed by atoms with E-state index >= 15 is 0 Å². The third-order valence-electron chi connectivity index (χ3n) is 2.60. The van der Waals surface area contributed by atoms with Gasteiger partial charge in [-0.2, -0.15) is 10.2 Å². The van der Waals surface area contributed by atoms with Crippen LogP contribution in [0.25, 0.3) is 0 Å². The average Bonchev–Trinajstić information content (AvgIpc) is 2.62. The zero-order valence-electron chi connectivity index (χ0n) is 9.49. The molecule has 2 aromatic heterocycles. The summed E-state index contributed by atoms with van der Waals surface area (Å²) in [5, 5.41) is 13.4. The van der Waals surface area contributed by atoms with Gasteiger partial charge >= 0.3 is 0 Å². The molecular formula is C10H12BrN5O. The standard InChI is InChI=1S/C10H12BrN5O/c1-6-7(4-14-16(6)2)3-12-8-5-13-15-10(17)9(8)11/h4-5H,3H2,1-2H3,(H2,12,15,17). The molecule has 0 aliphatic carbocycles. The predicted octanol–water partition coefficient (Wildman–Crippen LogP) is 1.19.